The topological polar surface area (TPSA) is 85.1 Å². The number of nitrogens with one attached hydrogen (secondary N) is 1. The number of benzene rings is 3. The predicted molar refractivity (Wildman–Crippen MR) is 145 cm³/mol. The number of amides is 1. The molecule has 1 N–H and O–H groups in total. The Kier molecular flexibility index (Phi) is 5.98. The number of nitrogens with zero attached hydrogens (tertiary/aromatic N) is 5. The van der Waals surface area contributed by atoms with Crippen LogP contribution in [0.15, 0.2) is 96.2 Å². The zero-order valence-electron chi connectivity index (χ0n) is 20.0. The maximum atomic E-state index is 12.8. The van der Waals surface area contributed by atoms with Gasteiger partial charge in [-0.3, -0.25) is 9.48 Å². The zero-order valence-corrected chi connectivity index (χ0v) is 20.8. The average Bonchev–Trinajstić information content (AvgIpc) is 3.61. The molecule has 0 radical (unpaired) electrons. The van der Waals surface area contributed by atoms with Gasteiger partial charge in [-0.05, 0) is 36.1 Å². The molecule has 0 aliphatic heterocycles. The molecular formula is C29H23ClN6O. The van der Waals surface area contributed by atoms with Crippen molar-refractivity contribution in [2.24, 2.45) is 18.0 Å². The summed E-state index contributed by atoms with van der Waals surface area (Å²) in [4.78, 5) is 17.8. The highest BCUT2D eigenvalue weighted by molar-refractivity contribution is 6.32. The molecule has 2 heterocycles. The third-order valence-electron chi connectivity index (χ3n) is 6.49. The summed E-state index contributed by atoms with van der Waals surface area (Å²) in [6, 6.07) is 25.4. The van der Waals surface area contributed by atoms with Gasteiger partial charge in [0.05, 0.1) is 17.6 Å². The molecule has 8 heteroatoms. The Bertz CT molecular complexity index is 1590. The molecular weight excluding hydrogens is 484 g/mol. The van der Waals surface area contributed by atoms with Crippen LogP contribution in [0.25, 0.3) is 10.9 Å². The minimum absolute atomic E-state index is 0.0711. The van der Waals surface area contributed by atoms with Crippen LogP contribution in [0, 0.1) is 5.92 Å². The fourth-order valence-corrected chi connectivity index (χ4v) is 4.78. The molecule has 0 unspecified atom stereocenters. The number of hydrogen-bond acceptors (Lipinski definition) is 5. The normalized spacial score (nSPS) is 16.4. The van der Waals surface area contributed by atoms with E-state index in [9.17, 15) is 4.79 Å². The maximum Gasteiger partial charge on any atom is 0.229 e. The number of halogens is 1. The molecule has 2 atom stereocenters. The van der Waals surface area contributed by atoms with Crippen LogP contribution in [0.4, 0.5) is 11.5 Å². The lowest BCUT2D eigenvalue weighted by Gasteiger charge is -2.10. The van der Waals surface area contributed by atoms with Crippen molar-refractivity contribution in [1.29, 1.82) is 0 Å². The van der Waals surface area contributed by atoms with E-state index in [1.54, 1.807) is 22.9 Å². The van der Waals surface area contributed by atoms with Crippen molar-refractivity contribution in [1.82, 2.24) is 20.0 Å². The summed E-state index contributed by atoms with van der Waals surface area (Å²) in [5.74, 6) is 0.406. The molecule has 182 valence electrons. The van der Waals surface area contributed by atoms with E-state index in [0.717, 1.165) is 34.2 Å². The lowest BCUT2D eigenvalue weighted by atomic mass is 10.0. The largest absolute Gasteiger partial charge is 0.309 e. The second-order valence-corrected chi connectivity index (χ2v) is 9.61. The van der Waals surface area contributed by atoms with E-state index in [-0.39, 0.29) is 17.7 Å². The summed E-state index contributed by atoms with van der Waals surface area (Å²) in [6.07, 6.45) is 4.57. The fraction of sp³-hybridized carbons (Fsp3) is 0.138. The lowest BCUT2D eigenvalue weighted by Crippen LogP contribution is -2.15. The van der Waals surface area contributed by atoms with E-state index in [2.05, 4.69) is 20.6 Å². The molecule has 0 bridgehead atoms. The third kappa shape index (κ3) is 4.86. The molecule has 0 saturated heterocycles. The van der Waals surface area contributed by atoms with Crippen LogP contribution in [0.3, 0.4) is 0 Å². The molecule has 3 aromatic carbocycles. The van der Waals surface area contributed by atoms with Crippen LogP contribution >= 0.6 is 11.6 Å². The molecule has 0 spiro atoms. The van der Waals surface area contributed by atoms with Gasteiger partial charge in [0.25, 0.3) is 0 Å². The molecule has 1 aliphatic carbocycles. The Balaban J connectivity index is 1.32. The standard InChI is InChI=1S/C29H23ClN6O/c1-36-17-21(16-31-36)23-15-24(23)29(37)33-26-13-20-12-22(30)14-25(28(20)35-34-26)32-27(18-8-4-2-5-9-18)19-10-6-3-7-11-19/h2-14,16-17,23-24H,15H2,1H3,(H,33,34,37)/t23-,24+/m0/s1. The fourth-order valence-electron chi connectivity index (χ4n) is 4.56. The van der Waals surface area contributed by atoms with Gasteiger partial charge in [0.15, 0.2) is 5.82 Å². The molecule has 1 amide bonds. The van der Waals surface area contributed by atoms with Crippen molar-refractivity contribution in [2.75, 3.05) is 5.32 Å². The van der Waals surface area contributed by atoms with Gasteiger partial charge in [-0.2, -0.15) is 5.10 Å². The Morgan fingerprint density at radius 1 is 1.00 bits per heavy atom. The number of anilines is 1. The van der Waals surface area contributed by atoms with Crippen molar-refractivity contribution in [3.8, 4) is 0 Å². The minimum Gasteiger partial charge on any atom is -0.309 e. The molecule has 6 rings (SSSR count). The van der Waals surface area contributed by atoms with Crippen LogP contribution in [0.5, 0.6) is 0 Å². The van der Waals surface area contributed by atoms with Gasteiger partial charge in [-0.25, -0.2) is 4.99 Å². The molecule has 1 aliphatic rings. The van der Waals surface area contributed by atoms with Gasteiger partial charge in [-0.1, -0.05) is 72.3 Å². The number of aromatic nitrogens is 4. The van der Waals surface area contributed by atoms with E-state index < -0.39 is 0 Å². The first-order valence-electron chi connectivity index (χ1n) is 12.0. The van der Waals surface area contributed by atoms with E-state index >= 15 is 0 Å². The smallest absolute Gasteiger partial charge is 0.229 e. The Hall–Kier alpha value is -4.36. The Morgan fingerprint density at radius 3 is 2.35 bits per heavy atom. The predicted octanol–water partition coefficient (Wildman–Crippen LogP) is 5.93. The van der Waals surface area contributed by atoms with Crippen molar-refractivity contribution < 1.29 is 4.79 Å². The Labute approximate surface area is 218 Å². The van der Waals surface area contributed by atoms with Crippen LogP contribution in [0.1, 0.15) is 29.0 Å². The lowest BCUT2D eigenvalue weighted by molar-refractivity contribution is -0.117. The molecule has 7 nitrogen and oxygen atoms in total. The van der Waals surface area contributed by atoms with Gasteiger partial charge in [0.2, 0.25) is 5.91 Å². The number of fused-ring (bicyclic) bond motifs is 1. The van der Waals surface area contributed by atoms with E-state index in [0.29, 0.717) is 22.0 Å². The van der Waals surface area contributed by atoms with E-state index in [4.69, 9.17) is 16.6 Å². The van der Waals surface area contributed by atoms with Crippen molar-refractivity contribution in [2.45, 2.75) is 12.3 Å². The molecule has 5 aromatic rings. The van der Waals surface area contributed by atoms with Gasteiger partial charge >= 0.3 is 0 Å². The molecule has 1 saturated carbocycles. The summed E-state index contributed by atoms with van der Waals surface area (Å²) in [7, 11) is 1.87. The van der Waals surface area contributed by atoms with Crippen LogP contribution in [0.2, 0.25) is 5.02 Å². The average molecular weight is 507 g/mol. The van der Waals surface area contributed by atoms with Crippen molar-refractivity contribution in [3.63, 3.8) is 0 Å². The minimum atomic E-state index is -0.0967. The molecule has 1 fully saturated rings. The number of hydrogen-bond donors (Lipinski definition) is 1. The number of rotatable bonds is 6. The number of carbonyl (C=O) groups excluding carboxylic acids is 1. The molecule has 2 aromatic heterocycles. The maximum absolute atomic E-state index is 12.8. The number of aryl methyl sites for hydroxylation is 1. The van der Waals surface area contributed by atoms with E-state index in [1.165, 1.54) is 0 Å². The highest BCUT2D eigenvalue weighted by atomic mass is 35.5. The summed E-state index contributed by atoms with van der Waals surface area (Å²) in [5.41, 5.74) is 5.05. The highest BCUT2D eigenvalue weighted by Gasteiger charge is 2.44. The van der Waals surface area contributed by atoms with Gasteiger partial charge in [0, 0.05) is 40.7 Å². The summed E-state index contributed by atoms with van der Waals surface area (Å²) in [6.45, 7) is 0. The van der Waals surface area contributed by atoms with Crippen LogP contribution in [-0.4, -0.2) is 31.6 Å². The summed E-state index contributed by atoms with van der Waals surface area (Å²) < 4.78 is 1.75. The number of aliphatic imine (C=N–C) groups is 1. The van der Waals surface area contributed by atoms with E-state index in [1.807, 2.05) is 80.1 Å². The van der Waals surface area contributed by atoms with Gasteiger partial charge < -0.3 is 5.32 Å². The van der Waals surface area contributed by atoms with Crippen LogP contribution in [-0.2, 0) is 11.8 Å². The SMILES string of the molecule is Cn1cc([C@@H]2C[C@H]2C(=O)Nc2cc3cc(Cl)cc(N=C(c4ccccc4)c4ccccc4)c3nn2)cn1. The summed E-state index contributed by atoms with van der Waals surface area (Å²) >= 11 is 6.49. The molecule has 37 heavy (non-hydrogen) atoms. The van der Waals surface area contributed by atoms with Gasteiger partial charge in [-0.15, -0.1) is 10.2 Å². The van der Waals surface area contributed by atoms with Crippen molar-refractivity contribution >= 4 is 45.6 Å². The monoisotopic (exact) mass is 506 g/mol. The van der Waals surface area contributed by atoms with Crippen LogP contribution < -0.4 is 5.32 Å². The first kappa shape index (κ1) is 23.1. The number of carbonyl (C=O) groups is 1. The highest BCUT2D eigenvalue weighted by Crippen LogP contribution is 2.47. The second-order valence-electron chi connectivity index (χ2n) is 9.17. The zero-order chi connectivity index (χ0) is 25.4. The van der Waals surface area contributed by atoms with Crippen molar-refractivity contribution in [3.05, 3.63) is 113 Å². The first-order chi connectivity index (χ1) is 18.0. The van der Waals surface area contributed by atoms with Gasteiger partial charge in [0.1, 0.15) is 5.52 Å². The second kappa shape index (κ2) is 9.59. The first-order valence-corrected chi connectivity index (χ1v) is 12.4. The Morgan fingerprint density at radius 2 is 1.70 bits per heavy atom. The quantitative estimate of drug-likeness (QED) is 0.289. The summed E-state index contributed by atoms with van der Waals surface area (Å²) in [5, 5.41) is 17.1. The third-order valence-corrected chi connectivity index (χ3v) is 6.71.